The summed E-state index contributed by atoms with van der Waals surface area (Å²) >= 11 is 0. The number of benzene rings is 6. The van der Waals surface area contributed by atoms with Crippen LogP contribution >= 0.6 is 0 Å². The predicted octanol–water partition coefficient (Wildman–Crippen LogP) is 9.08. The molecular weight excluding hydrogens is 524 g/mol. The van der Waals surface area contributed by atoms with Crippen molar-refractivity contribution >= 4 is 33.5 Å². The molecule has 0 bridgehead atoms. The Bertz CT molecular complexity index is 2070. The highest BCUT2D eigenvalue weighted by atomic mass is 15.3. The average molecular weight is 553 g/mol. The normalized spacial score (nSPS) is 14.7. The Labute approximate surface area is 250 Å². The lowest BCUT2D eigenvalue weighted by atomic mass is 10.0. The third-order valence-corrected chi connectivity index (χ3v) is 8.11. The molecule has 1 aromatic heterocycles. The molecule has 6 aromatic carbocycles. The number of para-hydroxylation sites is 2. The van der Waals surface area contributed by atoms with Crippen LogP contribution in [-0.2, 0) is 0 Å². The van der Waals surface area contributed by atoms with Crippen LogP contribution in [-0.4, -0.2) is 16.2 Å². The molecule has 8 rings (SSSR count). The monoisotopic (exact) mass is 552 g/mol. The summed E-state index contributed by atoms with van der Waals surface area (Å²) in [6.07, 6.45) is -0.380. The Kier molecular flexibility index (Phi) is 6.16. The van der Waals surface area contributed by atoms with Gasteiger partial charge in [-0.3, -0.25) is 0 Å². The van der Waals surface area contributed by atoms with Gasteiger partial charge < -0.3 is 9.88 Å². The summed E-state index contributed by atoms with van der Waals surface area (Å²) < 4.78 is 2.29. The van der Waals surface area contributed by atoms with Crippen molar-refractivity contribution in [1.29, 1.82) is 0 Å². The molecule has 0 amide bonds. The minimum Gasteiger partial charge on any atom is -0.331 e. The highest BCUT2D eigenvalue weighted by Gasteiger charge is 2.24. The smallest absolute Gasteiger partial charge is 0.204 e. The summed E-state index contributed by atoms with van der Waals surface area (Å²) in [5, 5.41) is 6.10. The maximum atomic E-state index is 5.22. The Hall–Kier alpha value is -5.74. The van der Waals surface area contributed by atoms with E-state index in [0.29, 0.717) is 5.84 Å². The Morgan fingerprint density at radius 1 is 0.419 bits per heavy atom. The first kappa shape index (κ1) is 25.0. The maximum absolute atomic E-state index is 5.22. The number of amidine groups is 2. The van der Waals surface area contributed by atoms with E-state index in [4.69, 9.17) is 9.98 Å². The van der Waals surface area contributed by atoms with Crippen molar-refractivity contribution in [2.24, 2.45) is 9.98 Å². The maximum Gasteiger partial charge on any atom is 0.204 e. The van der Waals surface area contributed by atoms with E-state index in [1.807, 2.05) is 12.1 Å². The van der Waals surface area contributed by atoms with Crippen LogP contribution in [0.15, 0.2) is 168 Å². The van der Waals surface area contributed by atoms with Crippen LogP contribution < -0.4 is 5.32 Å². The molecule has 43 heavy (non-hydrogen) atoms. The number of hydrogen-bond donors (Lipinski definition) is 1. The zero-order chi connectivity index (χ0) is 28.6. The van der Waals surface area contributed by atoms with Gasteiger partial charge >= 0.3 is 0 Å². The third-order valence-electron chi connectivity index (χ3n) is 8.11. The Morgan fingerprint density at radius 2 is 0.837 bits per heavy atom. The van der Waals surface area contributed by atoms with Crippen LogP contribution in [0.25, 0.3) is 44.1 Å². The van der Waals surface area contributed by atoms with Crippen LogP contribution in [0.1, 0.15) is 17.4 Å². The number of aromatic nitrogens is 1. The molecule has 7 aromatic rings. The number of aliphatic imine (C=N–C) groups is 2. The summed E-state index contributed by atoms with van der Waals surface area (Å²) in [6.45, 7) is 0. The fourth-order valence-corrected chi connectivity index (χ4v) is 5.96. The van der Waals surface area contributed by atoms with E-state index in [9.17, 15) is 0 Å². The van der Waals surface area contributed by atoms with E-state index in [1.165, 1.54) is 33.0 Å². The van der Waals surface area contributed by atoms with Crippen molar-refractivity contribution < 1.29 is 0 Å². The van der Waals surface area contributed by atoms with Crippen molar-refractivity contribution in [2.75, 3.05) is 0 Å². The number of rotatable bonds is 5. The van der Waals surface area contributed by atoms with Crippen LogP contribution in [0.2, 0.25) is 0 Å². The van der Waals surface area contributed by atoms with Crippen molar-refractivity contribution in [2.45, 2.75) is 6.29 Å². The van der Waals surface area contributed by atoms with Crippen molar-refractivity contribution in [3.05, 3.63) is 169 Å². The molecule has 0 spiro atoms. The van der Waals surface area contributed by atoms with Gasteiger partial charge in [-0.05, 0) is 34.4 Å². The largest absolute Gasteiger partial charge is 0.331 e. The Balaban J connectivity index is 1.25. The van der Waals surface area contributed by atoms with Gasteiger partial charge in [-0.1, -0.05) is 146 Å². The summed E-state index contributed by atoms with van der Waals surface area (Å²) in [5.74, 6) is 1.50. The molecule has 1 N–H and O–H groups in total. The van der Waals surface area contributed by atoms with E-state index < -0.39 is 0 Å². The first-order valence-corrected chi connectivity index (χ1v) is 14.5. The molecule has 1 atom stereocenters. The second-order valence-corrected chi connectivity index (χ2v) is 10.7. The number of fused-ring (bicyclic) bond motifs is 3. The minimum absolute atomic E-state index is 0.380. The molecule has 4 heteroatoms. The topological polar surface area (TPSA) is 41.7 Å². The molecule has 0 saturated carbocycles. The van der Waals surface area contributed by atoms with Gasteiger partial charge in [0, 0.05) is 21.9 Å². The van der Waals surface area contributed by atoms with E-state index in [-0.39, 0.29) is 6.29 Å². The van der Waals surface area contributed by atoms with Crippen LogP contribution in [0, 0.1) is 0 Å². The van der Waals surface area contributed by atoms with Crippen LogP contribution in [0.3, 0.4) is 0 Å². The standard InChI is InChI=1S/C39H28N4/c1-3-11-27(12-4-1)29-19-23-31(24-20-29)37-40-38(32-25-21-30(22-26-32)28-13-5-2-6-14-28)42-39(41-37)43-35-17-9-7-15-33(35)34-16-8-10-18-36(34)43/h1-26,39H,(H,40,41,42). The summed E-state index contributed by atoms with van der Waals surface area (Å²) in [5.41, 5.74) is 8.96. The third kappa shape index (κ3) is 4.59. The molecule has 1 aliphatic heterocycles. The highest BCUT2D eigenvalue weighted by molar-refractivity contribution is 6.14. The van der Waals surface area contributed by atoms with E-state index in [0.717, 1.165) is 28.0 Å². The summed E-state index contributed by atoms with van der Waals surface area (Å²) in [4.78, 5) is 10.3. The molecule has 0 saturated heterocycles. The quantitative estimate of drug-likeness (QED) is 0.227. The number of nitrogens with zero attached hydrogens (tertiary/aromatic N) is 3. The fourth-order valence-electron chi connectivity index (χ4n) is 5.96. The van der Waals surface area contributed by atoms with Gasteiger partial charge in [0.15, 0.2) is 5.84 Å². The van der Waals surface area contributed by atoms with Gasteiger partial charge in [-0.25, -0.2) is 9.98 Å². The zero-order valence-corrected chi connectivity index (χ0v) is 23.4. The van der Waals surface area contributed by atoms with Gasteiger partial charge in [0.25, 0.3) is 0 Å². The van der Waals surface area contributed by atoms with Crippen molar-refractivity contribution in [1.82, 2.24) is 9.88 Å². The Morgan fingerprint density at radius 3 is 1.37 bits per heavy atom. The van der Waals surface area contributed by atoms with Gasteiger partial charge in [-0.15, -0.1) is 0 Å². The van der Waals surface area contributed by atoms with Gasteiger partial charge in [0.2, 0.25) is 6.29 Å². The summed E-state index contributed by atoms with van der Waals surface area (Å²) in [7, 11) is 0. The zero-order valence-electron chi connectivity index (χ0n) is 23.4. The van der Waals surface area contributed by atoms with Gasteiger partial charge in [0.05, 0.1) is 11.0 Å². The molecule has 0 aliphatic carbocycles. The van der Waals surface area contributed by atoms with E-state index >= 15 is 0 Å². The fraction of sp³-hybridized carbons (Fsp3) is 0.0256. The van der Waals surface area contributed by atoms with Gasteiger partial charge in [0.1, 0.15) is 5.84 Å². The first-order valence-electron chi connectivity index (χ1n) is 14.5. The molecule has 1 aliphatic rings. The lowest BCUT2D eigenvalue weighted by Crippen LogP contribution is -2.36. The van der Waals surface area contributed by atoms with Crippen LogP contribution in [0.4, 0.5) is 0 Å². The van der Waals surface area contributed by atoms with E-state index in [1.54, 1.807) is 0 Å². The lowest BCUT2D eigenvalue weighted by molar-refractivity contribution is 0.516. The second-order valence-electron chi connectivity index (χ2n) is 10.7. The molecule has 4 nitrogen and oxygen atoms in total. The number of hydrogen-bond acceptors (Lipinski definition) is 3. The predicted molar refractivity (Wildman–Crippen MR) is 178 cm³/mol. The van der Waals surface area contributed by atoms with Crippen LogP contribution in [0.5, 0.6) is 0 Å². The molecule has 204 valence electrons. The summed E-state index contributed by atoms with van der Waals surface area (Å²) in [6, 6.07) is 55.1. The first-order chi connectivity index (χ1) is 21.3. The molecular formula is C39H28N4. The van der Waals surface area contributed by atoms with Crippen molar-refractivity contribution in [3.63, 3.8) is 0 Å². The van der Waals surface area contributed by atoms with Gasteiger partial charge in [-0.2, -0.15) is 0 Å². The van der Waals surface area contributed by atoms with Crippen molar-refractivity contribution in [3.8, 4) is 22.3 Å². The second kappa shape index (κ2) is 10.6. The minimum atomic E-state index is -0.380. The highest BCUT2D eigenvalue weighted by Crippen LogP contribution is 2.33. The molecule has 0 radical (unpaired) electrons. The van der Waals surface area contributed by atoms with E-state index in [2.05, 4.69) is 155 Å². The molecule has 1 unspecified atom stereocenters. The molecule has 0 fully saturated rings. The SMILES string of the molecule is c1ccc(-c2ccc(C3=NC(n4c5ccccc5c5ccccc54)NC(c4ccc(-c5ccccc5)cc4)=N3)cc2)cc1. The lowest BCUT2D eigenvalue weighted by Gasteiger charge is -2.26. The number of nitrogens with one attached hydrogen (secondary N) is 1. The molecule has 2 heterocycles. The average Bonchev–Trinajstić information content (AvgIpc) is 3.43.